The SMILES string of the molecule is COc1ccc(-n2c(O)c(C=NCc3ccccc3)c3ccccc3c2=O)c(OC)c1. The van der Waals surface area contributed by atoms with Crippen LogP contribution in [0.1, 0.15) is 11.1 Å². The van der Waals surface area contributed by atoms with Crippen molar-refractivity contribution in [2.24, 2.45) is 4.99 Å². The number of methoxy groups -OCH3 is 2. The molecule has 3 aromatic carbocycles. The summed E-state index contributed by atoms with van der Waals surface area (Å²) in [5, 5.41) is 12.3. The molecule has 0 atom stereocenters. The fourth-order valence-corrected chi connectivity index (χ4v) is 3.51. The van der Waals surface area contributed by atoms with E-state index in [1.165, 1.54) is 11.7 Å². The van der Waals surface area contributed by atoms with Crippen molar-refractivity contribution in [2.75, 3.05) is 14.2 Å². The summed E-state index contributed by atoms with van der Waals surface area (Å²) in [6, 6.07) is 22.0. The molecule has 0 fully saturated rings. The van der Waals surface area contributed by atoms with Crippen LogP contribution in [-0.2, 0) is 6.54 Å². The maximum Gasteiger partial charge on any atom is 0.265 e. The Morgan fingerprint density at radius 1 is 0.935 bits per heavy atom. The minimum atomic E-state index is -0.350. The highest BCUT2D eigenvalue weighted by molar-refractivity contribution is 6.01. The van der Waals surface area contributed by atoms with Crippen LogP contribution in [0.5, 0.6) is 17.4 Å². The molecule has 6 heteroatoms. The molecule has 0 aliphatic heterocycles. The van der Waals surface area contributed by atoms with Gasteiger partial charge in [-0.2, -0.15) is 0 Å². The normalized spacial score (nSPS) is 11.2. The van der Waals surface area contributed by atoms with E-state index in [-0.39, 0.29) is 11.4 Å². The lowest BCUT2D eigenvalue weighted by Gasteiger charge is -2.16. The van der Waals surface area contributed by atoms with Gasteiger partial charge in [-0.15, -0.1) is 0 Å². The number of aliphatic imine (C=N–C) groups is 1. The van der Waals surface area contributed by atoms with E-state index in [9.17, 15) is 9.90 Å². The van der Waals surface area contributed by atoms with Crippen LogP contribution in [0.4, 0.5) is 0 Å². The van der Waals surface area contributed by atoms with E-state index in [4.69, 9.17) is 9.47 Å². The molecule has 0 aliphatic carbocycles. The Morgan fingerprint density at radius 2 is 1.65 bits per heavy atom. The van der Waals surface area contributed by atoms with Crippen molar-refractivity contribution in [3.63, 3.8) is 0 Å². The second-order valence-electron chi connectivity index (χ2n) is 6.92. The first-order valence-electron chi connectivity index (χ1n) is 9.77. The van der Waals surface area contributed by atoms with Crippen LogP contribution >= 0.6 is 0 Å². The quantitative estimate of drug-likeness (QED) is 0.477. The summed E-state index contributed by atoms with van der Waals surface area (Å²) in [5.74, 6) is 0.779. The second kappa shape index (κ2) is 8.75. The molecule has 0 radical (unpaired) electrons. The summed E-state index contributed by atoms with van der Waals surface area (Å²) in [5.41, 5.74) is 1.57. The summed E-state index contributed by atoms with van der Waals surface area (Å²) in [7, 11) is 3.05. The molecule has 6 nitrogen and oxygen atoms in total. The zero-order valence-corrected chi connectivity index (χ0v) is 17.3. The van der Waals surface area contributed by atoms with E-state index in [0.29, 0.717) is 40.1 Å². The third kappa shape index (κ3) is 3.88. The molecule has 0 unspecified atom stereocenters. The zero-order valence-electron chi connectivity index (χ0n) is 17.3. The lowest BCUT2D eigenvalue weighted by atomic mass is 10.1. The third-order valence-electron chi connectivity index (χ3n) is 5.07. The molecule has 1 heterocycles. The number of ether oxygens (including phenoxy) is 2. The van der Waals surface area contributed by atoms with Gasteiger partial charge in [0.15, 0.2) is 0 Å². The first-order valence-corrected chi connectivity index (χ1v) is 9.77. The Morgan fingerprint density at radius 3 is 2.35 bits per heavy atom. The first kappa shape index (κ1) is 20.2. The van der Waals surface area contributed by atoms with Crippen LogP contribution in [0.25, 0.3) is 16.5 Å². The lowest BCUT2D eigenvalue weighted by molar-refractivity contribution is 0.389. The molecule has 156 valence electrons. The summed E-state index contributed by atoms with van der Waals surface area (Å²) in [6.45, 7) is 0.458. The first-order chi connectivity index (χ1) is 15.1. The molecule has 0 amide bonds. The van der Waals surface area contributed by atoms with Gasteiger partial charge in [0.1, 0.15) is 11.5 Å². The molecule has 4 aromatic rings. The van der Waals surface area contributed by atoms with Crippen LogP contribution in [0, 0.1) is 0 Å². The van der Waals surface area contributed by atoms with Gasteiger partial charge in [0.25, 0.3) is 5.56 Å². The van der Waals surface area contributed by atoms with Crippen molar-refractivity contribution in [1.29, 1.82) is 0 Å². The van der Waals surface area contributed by atoms with E-state index in [1.54, 1.807) is 49.7 Å². The zero-order chi connectivity index (χ0) is 21.8. The largest absolute Gasteiger partial charge is 0.497 e. The van der Waals surface area contributed by atoms with E-state index in [2.05, 4.69) is 4.99 Å². The minimum Gasteiger partial charge on any atom is -0.497 e. The average molecular weight is 414 g/mol. The molecule has 0 saturated carbocycles. The lowest BCUT2D eigenvalue weighted by Crippen LogP contribution is -2.20. The molecule has 0 saturated heterocycles. The minimum absolute atomic E-state index is 0.205. The van der Waals surface area contributed by atoms with Crippen molar-refractivity contribution in [3.05, 3.63) is 94.3 Å². The van der Waals surface area contributed by atoms with Gasteiger partial charge >= 0.3 is 0 Å². The van der Waals surface area contributed by atoms with Crippen LogP contribution in [0.15, 0.2) is 82.6 Å². The maximum atomic E-state index is 13.3. The standard InChI is InChI=1S/C25H22N2O4/c1-30-18-12-13-22(23(14-18)31-2)27-24(28)20-11-7-6-10-19(20)21(25(27)29)16-26-15-17-8-4-3-5-9-17/h3-14,16,29H,15H2,1-2H3. The molecular weight excluding hydrogens is 392 g/mol. The van der Waals surface area contributed by atoms with Crippen LogP contribution in [0.2, 0.25) is 0 Å². The van der Waals surface area contributed by atoms with E-state index < -0.39 is 0 Å². The Kier molecular flexibility index (Phi) is 5.71. The molecule has 0 aliphatic rings. The number of hydrogen-bond donors (Lipinski definition) is 1. The maximum absolute atomic E-state index is 13.3. The Bertz CT molecular complexity index is 1310. The van der Waals surface area contributed by atoms with Crippen molar-refractivity contribution in [3.8, 4) is 23.1 Å². The molecule has 4 rings (SSSR count). The molecule has 0 bridgehead atoms. The summed E-state index contributed by atoms with van der Waals surface area (Å²) in [4.78, 5) is 17.8. The predicted molar refractivity (Wildman–Crippen MR) is 122 cm³/mol. The van der Waals surface area contributed by atoms with Crippen LogP contribution < -0.4 is 15.0 Å². The smallest absolute Gasteiger partial charge is 0.265 e. The topological polar surface area (TPSA) is 73.0 Å². The molecule has 1 aromatic heterocycles. The van der Waals surface area contributed by atoms with Gasteiger partial charge < -0.3 is 14.6 Å². The third-order valence-corrected chi connectivity index (χ3v) is 5.07. The number of fused-ring (bicyclic) bond motifs is 1. The number of nitrogens with zero attached hydrogens (tertiary/aromatic N) is 2. The number of pyridine rings is 1. The van der Waals surface area contributed by atoms with Gasteiger partial charge in [0.2, 0.25) is 5.88 Å². The number of rotatable bonds is 6. The average Bonchev–Trinajstić information content (AvgIpc) is 2.82. The molecule has 31 heavy (non-hydrogen) atoms. The fraction of sp³-hybridized carbons (Fsp3) is 0.120. The monoisotopic (exact) mass is 414 g/mol. The van der Waals surface area contributed by atoms with Gasteiger partial charge in [-0.05, 0) is 23.8 Å². The highest BCUT2D eigenvalue weighted by atomic mass is 16.5. The van der Waals surface area contributed by atoms with Gasteiger partial charge in [0, 0.05) is 23.1 Å². The highest BCUT2D eigenvalue weighted by Crippen LogP contribution is 2.32. The van der Waals surface area contributed by atoms with Crippen molar-refractivity contribution in [2.45, 2.75) is 6.54 Å². The Labute approximate surface area is 179 Å². The van der Waals surface area contributed by atoms with Gasteiger partial charge in [-0.3, -0.25) is 9.79 Å². The van der Waals surface area contributed by atoms with Gasteiger partial charge in [-0.1, -0.05) is 48.5 Å². The van der Waals surface area contributed by atoms with Crippen molar-refractivity contribution in [1.82, 2.24) is 4.57 Å². The van der Waals surface area contributed by atoms with E-state index in [1.807, 2.05) is 36.4 Å². The highest BCUT2D eigenvalue weighted by Gasteiger charge is 2.19. The van der Waals surface area contributed by atoms with Crippen LogP contribution in [0.3, 0.4) is 0 Å². The Hall–Kier alpha value is -4.06. The molecule has 1 N–H and O–H groups in total. The molecular formula is C25H22N2O4. The predicted octanol–water partition coefficient (Wildman–Crippen LogP) is 4.33. The molecule has 0 spiro atoms. The summed E-state index contributed by atoms with van der Waals surface area (Å²) >= 11 is 0. The van der Waals surface area contributed by atoms with Crippen molar-refractivity contribution >= 4 is 17.0 Å². The van der Waals surface area contributed by atoms with E-state index in [0.717, 1.165) is 5.56 Å². The fourth-order valence-electron chi connectivity index (χ4n) is 3.51. The van der Waals surface area contributed by atoms with Crippen molar-refractivity contribution < 1.29 is 14.6 Å². The number of benzene rings is 3. The number of aromatic nitrogens is 1. The van der Waals surface area contributed by atoms with Gasteiger partial charge in [0.05, 0.1) is 32.0 Å². The van der Waals surface area contributed by atoms with Crippen LogP contribution in [-0.4, -0.2) is 30.1 Å². The van der Waals surface area contributed by atoms with E-state index >= 15 is 0 Å². The summed E-state index contributed by atoms with van der Waals surface area (Å²) in [6.07, 6.45) is 1.61. The Balaban J connectivity index is 1.91. The number of aromatic hydroxyl groups is 1. The summed E-state index contributed by atoms with van der Waals surface area (Å²) < 4.78 is 11.9. The van der Waals surface area contributed by atoms with Gasteiger partial charge in [-0.25, -0.2) is 4.57 Å². The second-order valence-corrected chi connectivity index (χ2v) is 6.92. The number of hydrogen-bond acceptors (Lipinski definition) is 5.